The van der Waals surface area contributed by atoms with Crippen molar-refractivity contribution in [3.8, 4) is 5.82 Å². The van der Waals surface area contributed by atoms with Crippen molar-refractivity contribution in [2.45, 2.75) is 62.7 Å². The molecule has 38 heavy (non-hydrogen) atoms. The maximum Gasteiger partial charge on any atom is 0.408 e. The molecule has 0 amide bonds. The first-order chi connectivity index (χ1) is 18.1. The average Bonchev–Trinajstić information content (AvgIpc) is 3.80. The van der Waals surface area contributed by atoms with Crippen molar-refractivity contribution in [3.63, 3.8) is 0 Å². The smallest absolute Gasteiger partial charge is 0.324 e. The van der Waals surface area contributed by atoms with Crippen LogP contribution in [0.15, 0.2) is 41.5 Å². The molecule has 4 aromatic rings. The van der Waals surface area contributed by atoms with Gasteiger partial charge in [-0.05, 0) is 55.4 Å². The lowest BCUT2D eigenvalue weighted by Crippen LogP contribution is -2.36. The van der Waals surface area contributed by atoms with Gasteiger partial charge >= 0.3 is 6.18 Å². The lowest BCUT2D eigenvalue weighted by molar-refractivity contribution is -0.144. The Labute approximate surface area is 215 Å². The second-order valence-corrected chi connectivity index (χ2v) is 10.8. The van der Waals surface area contributed by atoms with Gasteiger partial charge in [0.25, 0.3) is 5.56 Å². The number of nitrogens with one attached hydrogen (secondary N) is 2. The monoisotopic (exact) mass is 522 g/mol. The van der Waals surface area contributed by atoms with Gasteiger partial charge in [-0.25, -0.2) is 24.3 Å². The second-order valence-electron chi connectivity index (χ2n) is 10.8. The van der Waals surface area contributed by atoms with Gasteiger partial charge in [-0.2, -0.15) is 18.2 Å². The molecule has 1 aromatic carbocycles. The molecule has 2 saturated carbocycles. The summed E-state index contributed by atoms with van der Waals surface area (Å²) in [5.74, 6) is 0.862. The third-order valence-corrected chi connectivity index (χ3v) is 7.89. The Bertz CT molecular complexity index is 1650. The number of anilines is 2. The van der Waals surface area contributed by atoms with Crippen molar-refractivity contribution in [1.82, 2.24) is 34.6 Å². The molecule has 1 aliphatic heterocycles. The first kappa shape index (κ1) is 23.3. The fourth-order valence-corrected chi connectivity index (χ4v) is 5.38. The van der Waals surface area contributed by atoms with Crippen LogP contribution in [0.2, 0.25) is 0 Å². The van der Waals surface area contributed by atoms with Crippen molar-refractivity contribution < 1.29 is 13.2 Å². The molecule has 196 valence electrons. The molecular formula is C26H25F3N8O. The second kappa shape index (κ2) is 7.85. The maximum absolute atomic E-state index is 13.5. The number of aromatic nitrogens is 6. The number of hydrogen-bond donors (Lipinski definition) is 2. The number of fused-ring (bicyclic) bond motifs is 3. The number of rotatable bonds is 5. The van der Waals surface area contributed by atoms with E-state index in [9.17, 15) is 18.0 Å². The Balaban J connectivity index is 1.32. The molecule has 12 heteroatoms. The average molecular weight is 523 g/mol. The van der Waals surface area contributed by atoms with E-state index in [1.54, 1.807) is 0 Å². The summed E-state index contributed by atoms with van der Waals surface area (Å²) in [6, 6.07) is 7.61. The SMILES string of the molecule is CC1(c2nccc(-n3c4nc(Nc5ccc6c(c5)CCNC65CC5)ncc4c(=O)n3CC(F)(F)F)n2)CC1. The highest BCUT2D eigenvalue weighted by molar-refractivity contribution is 5.77. The molecule has 0 bridgehead atoms. The maximum atomic E-state index is 13.5. The van der Waals surface area contributed by atoms with E-state index in [1.807, 2.05) is 13.0 Å². The highest BCUT2D eigenvalue weighted by atomic mass is 19.4. The third kappa shape index (κ3) is 3.85. The summed E-state index contributed by atoms with van der Waals surface area (Å²) >= 11 is 0. The van der Waals surface area contributed by atoms with E-state index in [1.165, 1.54) is 29.6 Å². The van der Waals surface area contributed by atoms with Crippen molar-refractivity contribution in [2.24, 2.45) is 0 Å². The number of halogens is 3. The van der Waals surface area contributed by atoms with E-state index < -0.39 is 18.3 Å². The molecule has 3 aliphatic rings. The molecule has 4 heterocycles. The van der Waals surface area contributed by atoms with Crippen LogP contribution in [-0.4, -0.2) is 42.0 Å². The number of nitrogens with zero attached hydrogens (tertiary/aromatic N) is 6. The zero-order valence-electron chi connectivity index (χ0n) is 20.6. The molecule has 0 unspecified atom stereocenters. The Hall–Kier alpha value is -3.80. The summed E-state index contributed by atoms with van der Waals surface area (Å²) in [6.45, 7) is 1.44. The normalized spacial score (nSPS) is 18.9. The minimum atomic E-state index is -4.63. The van der Waals surface area contributed by atoms with Crippen LogP contribution in [-0.2, 0) is 23.9 Å². The lowest BCUT2D eigenvalue weighted by Gasteiger charge is -2.27. The van der Waals surface area contributed by atoms with Gasteiger partial charge in [0.15, 0.2) is 11.5 Å². The summed E-state index contributed by atoms with van der Waals surface area (Å²) in [5.41, 5.74) is 2.44. The Morgan fingerprint density at radius 2 is 1.92 bits per heavy atom. The Kier molecular flexibility index (Phi) is 4.82. The topological polar surface area (TPSA) is 103 Å². The number of hydrogen-bond acceptors (Lipinski definition) is 7. The van der Waals surface area contributed by atoms with E-state index in [4.69, 9.17) is 0 Å². The zero-order valence-corrected chi connectivity index (χ0v) is 20.6. The van der Waals surface area contributed by atoms with Crippen molar-refractivity contribution in [3.05, 3.63) is 64.0 Å². The number of benzene rings is 1. The first-order valence-electron chi connectivity index (χ1n) is 12.7. The lowest BCUT2D eigenvalue weighted by atomic mass is 9.92. The first-order valence-corrected chi connectivity index (χ1v) is 12.7. The largest absolute Gasteiger partial charge is 0.408 e. The molecule has 2 aliphatic carbocycles. The predicted octanol–water partition coefficient (Wildman–Crippen LogP) is 3.86. The van der Waals surface area contributed by atoms with Crippen LogP contribution in [0.1, 0.15) is 49.6 Å². The van der Waals surface area contributed by atoms with E-state index in [2.05, 4.69) is 42.7 Å². The quantitative estimate of drug-likeness (QED) is 0.410. The minimum absolute atomic E-state index is 0.0233. The molecule has 0 saturated heterocycles. The summed E-state index contributed by atoms with van der Waals surface area (Å²) in [4.78, 5) is 30.7. The minimum Gasteiger partial charge on any atom is -0.324 e. The summed E-state index contributed by atoms with van der Waals surface area (Å²) in [6.07, 6.45) is 3.10. The Morgan fingerprint density at radius 3 is 2.66 bits per heavy atom. The fourth-order valence-electron chi connectivity index (χ4n) is 5.38. The van der Waals surface area contributed by atoms with Crippen LogP contribution < -0.4 is 16.2 Å². The van der Waals surface area contributed by atoms with Gasteiger partial charge in [-0.1, -0.05) is 13.0 Å². The highest BCUT2D eigenvalue weighted by Crippen LogP contribution is 2.49. The van der Waals surface area contributed by atoms with Gasteiger partial charge in [0.2, 0.25) is 5.95 Å². The highest BCUT2D eigenvalue weighted by Gasteiger charge is 2.46. The van der Waals surface area contributed by atoms with E-state index >= 15 is 0 Å². The molecule has 9 nitrogen and oxygen atoms in total. The molecule has 1 spiro atoms. The number of alkyl halides is 3. The molecule has 0 radical (unpaired) electrons. The van der Waals surface area contributed by atoms with Crippen molar-refractivity contribution in [1.29, 1.82) is 0 Å². The van der Waals surface area contributed by atoms with Crippen LogP contribution in [0.3, 0.4) is 0 Å². The van der Waals surface area contributed by atoms with Crippen LogP contribution in [0, 0.1) is 0 Å². The van der Waals surface area contributed by atoms with Gasteiger partial charge in [-0.15, -0.1) is 0 Å². The predicted molar refractivity (Wildman–Crippen MR) is 134 cm³/mol. The van der Waals surface area contributed by atoms with Gasteiger partial charge in [0.1, 0.15) is 17.8 Å². The zero-order chi connectivity index (χ0) is 26.3. The molecule has 0 atom stereocenters. The summed E-state index contributed by atoms with van der Waals surface area (Å²) in [5, 5.41) is 6.76. The van der Waals surface area contributed by atoms with Crippen molar-refractivity contribution in [2.75, 3.05) is 11.9 Å². The molecule has 7 rings (SSSR count). The van der Waals surface area contributed by atoms with E-state index in [0.717, 1.165) is 49.0 Å². The van der Waals surface area contributed by atoms with Gasteiger partial charge in [-0.3, -0.25) is 4.79 Å². The van der Waals surface area contributed by atoms with E-state index in [0.29, 0.717) is 10.5 Å². The molecule has 3 aromatic heterocycles. The van der Waals surface area contributed by atoms with Crippen molar-refractivity contribution >= 4 is 22.7 Å². The van der Waals surface area contributed by atoms with Gasteiger partial charge in [0, 0.05) is 41.6 Å². The Morgan fingerprint density at radius 1 is 1.11 bits per heavy atom. The molecule has 2 N–H and O–H groups in total. The molecular weight excluding hydrogens is 497 g/mol. The van der Waals surface area contributed by atoms with Gasteiger partial charge < -0.3 is 10.6 Å². The van der Waals surface area contributed by atoms with Crippen LogP contribution in [0.5, 0.6) is 0 Å². The standard InChI is InChI=1S/C26H25F3N8O/c1-24(6-7-24)22-30-10-5-19(34-22)37-20-17(21(38)36(37)14-26(27,28)29)13-31-23(35-20)33-16-2-3-18-15(12-16)4-11-32-25(18)8-9-25/h2-3,5,10,12-13,32H,4,6-9,11,14H2,1H3,(H,31,33,35). The fraction of sp³-hybridized carbons (Fsp3) is 0.423. The van der Waals surface area contributed by atoms with Crippen LogP contribution in [0.25, 0.3) is 16.9 Å². The van der Waals surface area contributed by atoms with Crippen LogP contribution in [0.4, 0.5) is 24.8 Å². The van der Waals surface area contributed by atoms with E-state index in [-0.39, 0.29) is 33.8 Å². The van der Waals surface area contributed by atoms with Crippen LogP contribution >= 0.6 is 0 Å². The summed E-state index contributed by atoms with van der Waals surface area (Å²) < 4.78 is 42.3. The summed E-state index contributed by atoms with van der Waals surface area (Å²) in [7, 11) is 0. The third-order valence-electron chi connectivity index (χ3n) is 7.89. The van der Waals surface area contributed by atoms with Gasteiger partial charge in [0.05, 0.1) is 0 Å². The molecule has 2 fully saturated rings.